The number of amides is 2. The van der Waals surface area contributed by atoms with Crippen LogP contribution in [-0.2, 0) is 11.8 Å². The van der Waals surface area contributed by atoms with Crippen molar-refractivity contribution >= 4 is 24.0 Å². The Hall–Kier alpha value is -3.54. The zero-order valence-electron chi connectivity index (χ0n) is 15.7. The fourth-order valence-corrected chi connectivity index (χ4v) is 3.10. The minimum atomic E-state index is -3.10. The molecule has 7 nitrogen and oxygen atoms in total. The second kappa shape index (κ2) is 8.22. The van der Waals surface area contributed by atoms with Crippen molar-refractivity contribution in [3.05, 3.63) is 53.6 Å². The van der Waals surface area contributed by atoms with Gasteiger partial charge in [0.15, 0.2) is 0 Å². The van der Waals surface area contributed by atoms with E-state index in [0.717, 1.165) is 10.5 Å². The molecule has 3 rings (SSSR count). The van der Waals surface area contributed by atoms with E-state index in [1.807, 2.05) is 36.2 Å². The zero-order valence-corrected chi connectivity index (χ0v) is 15.7. The summed E-state index contributed by atoms with van der Waals surface area (Å²) in [5.74, 6) is -4.36. The molecule has 1 aliphatic heterocycles. The highest BCUT2D eigenvalue weighted by atomic mass is 19.3. The van der Waals surface area contributed by atoms with Gasteiger partial charge in [-0.1, -0.05) is 12.2 Å². The molecule has 2 aromatic heterocycles. The predicted molar refractivity (Wildman–Crippen MR) is 102 cm³/mol. The van der Waals surface area contributed by atoms with Gasteiger partial charge in [0, 0.05) is 49.4 Å². The van der Waals surface area contributed by atoms with Crippen molar-refractivity contribution in [3.63, 3.8) is 0 Å². The zero-order chi connectivity index (χ0) is 21.0. The van der Waals surface area contributed by atoms with E-state index in [2.05, 4.69) is 10.3 Å². The van der Waals surface area contributed by atoms with E-state index in [4.69, 9.17) is 5.26 Å². The van der Waals surface area contributed by atoms with Crippen molar-refractivity contribution in [2.45, 2.75) is 18.4 Å². The van der Waals surface area contributed by atoms with E-state index in [-0.39, 0.29) is 0 Å². The van der Waals surface area contributed by atoms with Crippen molar-refractivity contribution in [2.75, 3.05) is 13.1 Å². The SMILES string of the molecule is Cn1ccc(/C=C/c2cnccc2C(=O)NCC(=O)N2CC(F)(F)C[C@H]2C#N)c1. The lowest BCUT2D eigenvalue weighted by atomic mass is 10.1. The van der Waals surface area contributed by atoms with Gasteiger partial charge in [0.1, 0.15) is 6.04 Å². The monoisotopic (exact) mass is 399 g/mol. The van der Waals surface area contributed by atoms with Crippen LogP contribution in [0.15, 0.2) is 36.9 Å². The summed E-state index contributed by atoms with van der Waals surface area (Å²) in [6.45, 7) is -1.29. The van der Waals surface area contributed by atoms with Crippen molar-refractivity contribution in [2.24, 2.45) is 7.05 Å². The number of hydrogen-bond acceptors (Lipinski definition) is 4. The summed E-state index contributed by atoms with van der Waals surface area (Å²) in [5, 5.41) is 11.4. The predicted octanol–water partition coefficient (Wildman–Crippen LogP) is 2.08. The lowest BCUT2D eigenvalue weighted by Gasteiger charge is -2.19. The second-order valence-electron chi connectivity index (χ2n) is 6.82. The van der Waals surface area contributed by atoms with Crippen LogP contribution in [0.5, 0.6) is 0 Å². The van der Waals surface area contributed by atoms with Gasteiger partial charge in [0.2, 0.25) is 5.91 Å². The topological polar surface area (TPSA) is 91.0 Å². The highest BCUT2D eigenvalue weighted by molar-refractivity contribution is 6.00. The van der Waals surface area contributed by atoms with Crippen LogP contribution >= 0.6 is 0 Å². The number of nitrogens with zero attached hydrogens (tertiary/aromatic N) is 4. The molecular weight excluding hydrogens is 380 g/mol. The maximum absolute atomic E-state index is 13.5. The molecule has 0 aromatic carbocycles. The van der Waals surface area contributed by atoms with Gasteiger partial charge in [-0.05, 0) is 17.7 Å². The number of aryl methyl sites for hydroxylation is 1. The van der Waals surface area contributed by atoms with Gasteiger partial charge in [-0.25, -0.2) is 8.78 Å². The standard InChI is InChI=1S/C20H19F2N5O2/c1-26-7-5-14(12-26)2-3-15-10-24-6-4-17(15)19(29)25-11-18(28)27-13-20(21,22)8-16(27)9-23/h2-7,10,12,16H,8,11,13H2,1H3,(H,25,29)/b3-2+/t16-/m0/s1. The molecule has 1 atom stereocenters. The summed E-state index contributed by atoms with van der Waals surface area (Å²) in [7, 11) is 1.89. The molecule has 0 radical (unpaired) electrons. The third-order valence-electron chi connectivity index (χ3n) is 4.55. The highest BCUT2D eigenvalue weighted by Gasteiger charge is 2.47. The van der Waals surface area contributed by atoms with E-state index in [1.54, 1.807) is 12.1 Å². The number of pyridine rings is 1. The van der Waals surface area contributed by atoms with E-state index < -0.39 is 43.3 Å². The molecule has 150 valence electrons. The fourth-order valence-electron chi connectivity index (χ4n) is 3.10. The van der Waals surface area contributed by atoms with E-state index >= 15 is 0 Å². The number of aromatic nitrogens is 2. The summed E-state index contributed by atoms with van der Waals surface area (Å²) >= 11 is 0. The lowest BCUT2D eigenvalue weighted by Crippen LogP contribution is -2.43. The van der Waals surface area contributed by atoms with Gasteiger partial charge < -0.3 is 14.8 Å². The molecule has 3 heterocycles. The van der Waals surface area contributed by atoms with E-state index in [9.17, 15) is 18.4 Å². The number of hydrogen-bond donors (Lipinski definition) is 1. The molecule has 0 unspecified atom stereocenters. The van der Waals surface area contributed by atoms with Crippen LogP contribution in [0.3, 0.4) is 0 Å². The molecule has 9 heteroatoms. The van der Waals surface area contributed by atoms with Crippen LogP contribution < -0.4 is 5.32 Å². The number of carbonyl (C=O) groups excluding carboxylic acids is 2. The van der Waals surface area contributed by atoms with Gasteiger partial charge in [0.05, 0.1) is 19.2 Å². The Balaban J connectivity index is 1.66. The summed E-state index contributed by atoms with van der Waals surface area (Å²) < 4.78 is 28.9. The normalized spacial score (nSPS) is 18.0. The Labute approximate surface area is 166 Å². The highest BCUT2D eigenvalue weighted by Crippen LogP contribution is 2.31. The van der Waals surface area contributed by atoms with E-state index in [0.29, 0.717) is 11.1 Å². The number of carbonyl (C=O) groups is 2. The second-order valence-corrected chi connectivity index (χ2v) is 6.82. The number of nitriles is 1. The number of likely N-dealkylation sites (tertiary alicyclic amines) is 1. The third kappa shape index (κ3) is 4.85. The Kier molecular flexibility index (Phi) is 5.73. The van der Waals surface area contributed by atoms with Gasteiger partial charge in [-0.2, -0.15) is 5.26 Å². The first-order valence-electron chi connectivity index (χ1n) is 8.88. The Morgan fingerprint density at radius 1 is 1.41 bits per heavy atom. The molecule has 0 aliphatic carbocycles. The quantitative estimate of drug-likeness (QED) is 0.833. The number of alkyl halides is 2. The van der Waals surface area contributed by atoms with Crippen LogP contribution in [0, 0.1) is 11.3 Å². The number of nitrogens with one attached hydrogen (secondary N) is 1. The van der Waals surface area contributed by atoms with E-state index in [1.165, 1.54) is 18.5 Å². The Bertz CT molecular complexity index is 993. The molecule has 0 spiro atoms. The Morgan fingerprint density at radius 3 is 2.90 bits per heavy atom. The molecule has 0 bridgehead atoms. The van der Waals surface area contributed by atoms with Gasteiger partial charge in [-0.15, -0.1) is 0 Å². The summed E-state index contributed by atoms with van der Waals surface area (Å²) in [5.41, 5.74) is 1.78. The first kappa shape index (κ1) is 20.2. The molecule has 29 heavy (non-hydrogen) atoms. The molecule has 1 fully saturated rings. The van der Waals surface area contributed by atoms with Crippen LogP contribution in [-0.4, -0.2) is 51.3 Å². The first-order valence-corrected chi connectivity index (χ1v) is 8.88. The number of halogens is 2. The summed E-state index contributed by atoms with van der Waals surface area (Å²) in [6.07, 6.45) is 9.62. The average Bonchev–Trinajstić information content (AvgIpc) is 3.26. The maximum atomic E-state index is 13.5. The summed E-state index contributed by atoms with van der Waals surface area (Å²) in [4.78, 5) is 29.6. The smallest absolute Gasteiger partial charge is 0.268 e. The van der Waals surface area contributed by atoms with Crippen molar-refractivity contribution in [3.8, 4) is 6.07 Å². The van der Waals surface area contributed by atoms with Crippen LogP contribution in [0.2, 0.25) is 0 Å². The molecule has 2 amide bonds. The average molecular weight is 399 g/mol. The van der Waals surface area contributed by atoms with Crippen molar-refractivity contribution in [1.82, 2.24) is 19.8 Å². The Morgan fingerprint density at radius 2 is 2.21 bits per heavy atom. The molecule has 2 aromatic rings. The van der Waals surface area contributed by atoms with Crippen LogP contribution in [0.4, 0.5) is 8.78 Å². The largest absolute Gasteiger partial charge is 0.357 e. The minimum Gasteiger partial charge on any atom is -0.357 e. The molecule has 0 saturated carbocycles. The molecule has 1 N–H and O–H groups in total. The molecular formula is C20H19F2N5O2. The lowest BCUT2D eigenvalue weighted by molar-refractivity contribution is -0.131. The van der Waals surface area contributed by atoms with Crippen LogP contribution in [0.25, 0.3) is 12.2 Å². The fraction of sp³-hybridized carbons (Fsp3) is 0.300. The maximum Gasteiger partial charge on any atom is 0.268 e. The van der Waals surface area contributed by atoms with Crippen molar-refractivity contribution in [1.29, 1.82) is 5.26 Å². The minimum absolute atomic E-state index is 0.295. The molecule has 1 saturated heterocycles. The summed E-state index contributed by atoms with van der Waals surface area (Å²) in [6, 6.07) is 3.92. The van der Waals surface area contributed by atoms with Gasteiger partial charge >= 0.3 is 0 Å². The molecule has 1 aliphatic rings. The van der Waals surface area contributed by atoms with Crippen LogP contribution in [0.1, 0.15) is 27.9 Å². The van der Waals surface area contributed by atoms with Gasteiger partial charge in [-0.3, -0.25) is 14.6 Å². The first-order chi connectivity index (χ1) is 13.8. The third-order valence-corrected chi connectivity index (χ3v) is 4.55. The van der Waals surface area contributed by atoms with Gasteiger partial charge in [0.25, 0.3) is 11.8 Å². The number of rotatable bonds is 5. The van der Waals surface area contributed by atoms with Crippen molar-refractivity contribution < 1.29 is 18.4 Å².